The minimum atomic E-state index is -0.483. The number of thioether (sulfide) groups is 1. The van der Waals surface area contributed by atoms with E-state index in [2.05, 4.69) is 6.07 Å². The third kappa shape index (κ3) is 2.66. The van der Waals surface area contributed by atoms with Crippen molar-refractivity contribution in [3.63, 3.8) is 0 Å². The summed E-state index contributed by atoms with van der Waals surface area (Å²) in [5.41, 5.74) is 7.65. The van der Waals surface area contributed by atoms with E-state index in [0.717, 1.165) is 28.6 Å². The fourth-order valence-corrected chi connectivity index (χ4v) is 3.92. The molecule has 0 unspecified atom stereocenters. The lowest BCUT2D eigenvalue weighted by molar-refractivity contribution is -0.116. The number of allylic oxidation sites excluding steroid dienone is 3. The molecule has 0 amide bonds. The molecule has 0 radical (unpaired) electrons. The van der Waals surface area contributed by atoms with E-state index in [-0.39, 0.29) is 17.2 Å². The van der Waals surface area contributed by atoms with Crippen molar-refractivity contribution in [2.45, 2.75) is 44.1 Å². The quantitative estimate of drug-likeness (QED) is 0.853. The van der Waals surface area contributed by atoms with Crippen molar-refractivity contribution in [1.29, 1.82) is 5.26 Å². The number of rotatable bonds is 3. The lowest BCUT2D eigenvalue weighted by Gasteiger charge is -2.30. The third-order valence-corrected chi connectivity index (χ3v) is 4.91. The first kappa shape index (κ1) is 15.8. The van der Waals surface area contributed by atoms with Crippen LogP contribution in [0.5, 0.6) is 0 Å². The molecule has 0 spiro atoms. The van der Waals surface area contributed by atoms with E-state index in [0.29, 0.717) is 24.2 Å². The minimum Gasteiger partial charge on any atom is -0.455 e. The highest BCUT2D eigenvalue weighted by molar-refractivity contribution is 7.99. The van der Waals surface area contributed by atoms with Crippen LogP contribution in [-0.4, -0.2) is 11.5 Å². The van der Waals surface area contributed by atoms with Gasteiger partial charge in [-0.2, -0.15) is 5.26 Å². The fourth-order valence-electron chi connectivity index (χ4n) is 3.12. The van der Waals surface area contributed by atoms with Gasteiger partial charge in [-0.3, -0.25) is 4.79 Å². The number of carbonyl (C=O) groups is 1. The SMILES string of the molecule is CCSc1oc(C)cc1[C@@H]1C(C#N)=C(N)OC2=C1C(=O)CCC2. The van der Waals surface area contributed by atoms with Gasteiger partial charge in [0.05, 0.1) is 5.92 Å². The van der Waals surface area contributed by atoms with Gasteiger partial charge in [0.25, 0.3) is 0 Å². The van der Waals surface area contributed by atoms with Crippen LogP contribution >= 0.6 is 11.8 Å². The topological polar surface area (TPSA) is 89.2 Å². The van der Waals surface area contributed by atoms with Crippen LogP contribution in [0.1, 0.15) is 43.4 Å². The molecule has 0 saturated carbocycles. The zero-order chi connectivity index (χ0) is 16.6. The van der Waals surface area contributed by atoms with Crippen molar-refractivity contribution in [3.8, 4) is 6.07 Å². The minimum absolute atomic E-state index is 0.0304. The molecule has 0 bridgehead atoms. The first-order valence-corrected chi connectivity index (χ1v) is 8.62. The van der Waals surface area contributed by atoms with E-state index in [1.807, 2.05) is 19.9 Å². The van der Waals surface area contributed by atoms with Gasteiger partial charge in [-0.25, -0.2) is 0 Å². The van der Waals surface area contributed by atoms with E-state index in [1.54, 1.807) is 11.8 Å². The Balaban J connectivity index is 2.19. The standard InChI is InChI=1S/C17H18N2O3S/c1-3-23-17-10(7-9(2)21-17)14-11(8-18)16(19)22-13-6-4-5-12(20)15(13)14/h7,14H,3-6,19H2,1-2H3/t14-/m1/s1. The first-order chi connectivity index (χ1) is 11.1. The van der Waals surface area contributed by atoms with Crippen LogP contribution in [0.15, 0.2) is 38.4 Å². The van der Waals surface area contributed by atoms with Gasteiger partial charge in [-0.05, 0) is 25.2 Å². The lowest BCUT2D eigenvalue weighted by Crippen LogP contribution is -2.27. The van der Waals surface area contributed by atoms with Gasteiger partial charge in [0.15, 0.2) is 10.9 Å². The van der Waals surface area contributed by atoms with Crippen LogP contribution in [0.25, 0.3) is 0 Å². The first-order valence-electron chi connectivity index (χ1n) is 7.63. The number of hydrogen-bond acceptors (Lipinski definition) is 6. The molecule has 120 valence electrons. The van der Waals surface area contributed by atoms with Crippen LogP contribution < -0.4 is 5.73 Å². The van der Waals surface area contributed by atoms with Gasteiger partial charge < -0.3 is 14.9 Å². The van der Waals surface area contributed by atoms with Crippen LogP contribution in [0.3, 0.4) is 0 Å². The van der Waals surface area contributed by atoms with E-state index in [9.17, 15) is 10.1 Å². The molecule has 0 fully saturated rings. The maximum atomic E-state index is 12.5. The van der Waals surface area contributed by atoms with E-state index < -0.39 is 5.92 Å². The molecule has 1 atom stereocenters. The van der Waals surface area contributed by atoms with Gasteiger partial charge in [0, 0.05) is 24.0 Å². The Kier molecular flexibility index (Phi) is 4.22. The Labute approximate surface area is 139 Å². The summed E-state index contributed by atoms with van der Waals surface area (Å²) in [7, 11) is 0. The second-order valence-electron chi connectivity index (χ2n) is 5.57. The number of ether oxygens (including phenoxy) is 1. The average Bonchev–Trinajstić information content (AvgIpc) is 2.87. The number of Topliss-reactive ketones (excluding diaryl/α,β-unsaturated/α-hetero) is 1. The molecular formula is C17H18N2O3S. The van der Waals surface area contributed by atoms with Crippen molar-refractivity contribution in [2.24, 2.45) is 5.73 Å². The average molecular weight is 330 g/mol. The Morgan fingerprint density at radius 2 is 2.26 bits per heavy atom. The summed E-state index contributed by atoms with van der Waals surface area (Å²) in [6, 6.07) is 4.02. The fraction of sp³-hybridized carbons (Fsp3) is 0.412. The normalized spacial score (nSPS) is 21.1. The largest absolute Gasteiger partial charge is 0.455 e. The van der Waals surface area contributed by atoms with Gasteiger partial charge in [-0.15, -0.1) is 0 Å². The zero-order valence-electron chi connectivity index (χ0n) is 13.1. The predicted octanol–water partition coefficient (Wildman–Crippen LogP) is 3.51. The van der Waals surface area contributed by atoms with Crippen LogP contribution in [-0.2, 0) is 9.53 Å². The molecule has 1 aliphatic heterocycles. The van der Waals surface area contributed by atoms with Crippen LogP contribution in [0.2, 0.25) is 0 Å². The number of nitrogens with zero attached hydrogens (tertiary/aromatic N) is 1. The number of ketones is 1. The Morgan fingerprint density at radius 1 is 1.48 bits per heavy atom. The molecule has 1 aromatic rings. The molecule has 1 aliphatic carbocycles. The molecule has 5 nitrogen and oxygen atoms in total. The molecule has 6 heteroatoms. The Bertz CT molecular complexity index is 767. The van der Waals surface area contributed by atoms with E-state index in [4.69, 9.17) is 14.9 Å². The van der Waals surface area contributed by atoms with Crippen molar-refractivity contribution < 1.29 is 13.9 Å². The highest BCUT2D eigenvalue weighted by atomic mass is 32.2. The van der Waals surface area contributed by atoms with E-state index >= 15 is 0 Å². The number of carbonyl (C=O) groups excluding carboxylic acids is 1. The summed E-state index contributed by atoms with van der Waals surface area (Å²) in [6.45, 7) is 3.89. The molecule has 3 rings (SSSR count). The number of nitriles is 1. The zero-order valence-corrected chi connectivity index (χ0v) is 14.0. The molecule has 1 aromatic heterocycles. The molecule has 0 saturated heterocycles. The molecule has 2 aliphatic rings. The summed E-state index contributed by atoms with van der Waals surface area (Å²) >= 11 is 1.56. The highest BCUT2D eigenvalue weighted by Crippen LogP contribution is 2.46. The lowest BCUT2D eigenvalue weighted by atomic mass is 9.78. The number of furan rings is 1. The second kappa shape index (κ2) is 6.17. The molecular weight excluding hydrogens is 312 g/mol. The summed E-state index contributed by atoms with van der Waals surface area (Å²) < 4.78 is 11.3. The van der Waals surface area contributed by atoms with Gasteiger partial charge in [-0.1, -0.05) is 18.7 Å². The third-order valence-electron chi connectivity index (χ3n) is 4.04. The second-order valence-corrected chi connectivity index (χ2v) is 6.81. The smallest absolute Gasteiger partial charge is 0.205 e. The molecule has 2 heterocycles. The van der Waals surface area contributed by atoms with Gasteiger partial charge in [0.2, 0.25) is 5.88 Å². The molecule has 0 aromatic carbocycles. The summed E-state index contributed by atoms with van der Waals surface area (Å²) in [5, 5.41) is 10.3. The van der Waals surface area contributed by atoms with Crippen molar-refractivity contribution in [1.82, 2.24) is 0 Å². The Morgan fingerprint density at radius 3 is 2.96 bits per heavy atom. The maximum Gasteiger partial charge on any atom is 0.205 e. The van der Waals surface area contributed by atoms with Crippen molar-refractivity contribution >= 4 is 17.5 Å². The van der Waals surface area contributed by atoms with E-state index in [1.165, 1.54) is 0 Å². The Hall–Kier alpha value is -2.13. The molecule has 2 N–H and O–H groups in total. The van der Waals surface area contributed by atoms with Gasteiger partial charge >= 0.3 is 0 Å². The predicted molar refractivity (Wildman–Crippen MR) is 86.4 cm³/mol. The number of nitrogens with two attached hydrogens (primary N) is 1. The maximum absolute atomic E-state index is 12.5. The number of aryl methyl sites for hydroxylation is 1. The monoisotopic (exact) mass is 330 g/mol. The summed E-state index contributed by atoms with van der Waals surface area (Å²) in [4.78, 5) is 12.5. The highest BCUT2D eigenvalue weighted by Gasteiger charge is 2.39. The van der Waals surface area contributed by atoms with Crippen molar-refractivity contribution in [3.05, 3.63) is 40.2 Å². The summed E-state index contributed by atoms with van der Waals surface area (Å²) in [6.07, 6.45) is 1.90. The van der Waals surface area contributed by atoms with Crippen LogP contribution in [0, 0.1) is 18.3 Å². The summed E-state index contributed by atoms with van der Waals surface area (Å²) in [5.74, 6) is 1.84. The van der Waals surface area contributed by atoms with Crippen molar-refractivity contribution in [2.75, 3.05) is 5.75 Å². The van der Waals surface area contributed by atoms with Gasteiger partial charge in [0.1, 0.15) is 23.2 Å². The van der Waals surface area contributed by atoms with Crippen LogP contribution in [0.4, 0.5) is 0 Å². The molecule has 23 heavy (non-hydrogen) atoms. The number of hydrogen-bond donors (Lipinski definition) is 1.